The summed E-state index contributed by atoms with van der Waals surface area (Å²) >= 11 is 0. The molecule has 0 bridgehead atoms. The summed E-state index contributed by atoms with van der Waals surface area (Å²) in [6.07, 6.45) is 0. The fourth-order valence-electron chi connectivity index (χ4n) is 0.565. The lowest BCUT2D eigenvalue weighted by atomic mass is 10.3. The van der Waals surface area contributed by atoms with Crippen LogP contribution >= 0.6 is 0 Å². The van der Waals surface area contributed by atoms with Gasteiger partial charge in [0.15, 0.2) is 0 Å². The molecular weight excluding hydrogens is 128 g/mol. The highest BCUT2D eigenvalue weighted by Crippen LogP contribution is 2.03. The van der Waals surface area contributed by atoms with Crippen molar-refractivity contribution in [1.29, 1.82) is 0 Å². The van der Waals surface area contributed by atoms with Gasteiger partial charge < -0.3 is 0 Å². The number of benzene rings is 1. The molecule has 0 spiro atoms. The predicted octanol–water partition coefficient (Wildman–Crippen LogP) is 2.42. The number of nitrogens with zero attached hydrogens (tertiary/aromatic N) is 1. The molecule has 54 valence electrons. The highest BCUT2D eigenvalue weighted by molar-refractivity contribution is 5.41. The van der Waals surface area contributed by atoms with Crippen LogP contribution in [0.1, 0.15) is 7.43 Å². The van der Waals surface area contributed by atoms with Gasteiger partial charge in [-0.05, 0) is 12.1 Å². The second-order valence-corrected chi connectivity index (χ2v) is 1.57. The summed E-state index contributed by atoms with van der Waals surface area (Å²) < 4.78 is 0. The van der Waals surface area contributed by atoms with Gasteiger partial charge in [0, 0.05) is 0 Å². The van der Waals surface area contributed by atoms with Crippen molar-refractivity contribution in [1.82, 2.24) is 0 Å². The molecule has 0 saturated heterocycles. The average molecular weight is 138 g/mol. The minimum absolute atomic E-state index is 0. The Morgan fingerprint density at radius 1 is 1.20 bits per heavy atom. The van der Waals surface area contributed by atoms with E-state index in [1.807, 2.05) is 18.2 Å². The van der Waals surface area contributed by atoms with Crippen LogP contribution in [0.15, 0.2) is 35.6 Å². The summed E-state index contributed by atoms with van der Waals surface area (Å²) in [6, 6.07) is 9.06. The van der Waals surface area contributed by atoms with Crippen molar-refractivity contribution in [2.45, 2.75) is 7.43 Å². The largest absolute Gasteiger partial charge is 0.242 e. The van der Waals surface area contributed by atoms with E-state index in [9.17, 15) is 4.91 Å². The van der Waals surface area contributed by atoms with Crippen molar-refractivity contribution in [3.8, 4) is 0 Å². The molecule has 0 fully saturated rings. The maximum absolute atomic E-state index is 9.61. The molecule has 3 heteroatoms. The lowest BCUT2D eigenvalue weighted by molar-refractivity contribution is 1.32. The first-order chi connectivity index (χ1) is 4.43. The average Bonchev–Trinajstić information content (AvgIpc) is 1.91. The van der Waals surface area contributed by atoms with Crippen LogP contribution in [0.25, 0.3) is 0 Å². The fourth-order valence-corrected chi connectivity index (χ4v) is 0.565. The topological polar surface area (TPSA) is 41.5 Å². The van der Waals surface area contributed by atoms with Crippen molar-refractivity contribution in [3.05, 3.63) is 35.2 Å². The normalized spacial score (nSPS) is 7.60. The third kappa shape index (κ3) is 2.26. The summed E-state index contributed by atoms with van der Waals surface area (Å²) in [5, 5.41) is 2.51. The Bertz CT molecular complexity index is 186. The highest BCUT2D eigenvalue weighted by Gasteiger charge is 1.82. The van der Waals surface area contributed by atoms with Crippen LogP contribution in [0, 0.1) is 4.91 Å². The zero-order valence-electron chi connectivity index (χ0n) is 4.74. The van der Waals surface area contributed by atoms with Crippen LogP contribution in [0.4, 0.5) is 5.69 Å². The standard InChI is InChI=1S/C6H6N2O.CH4/c9-8-7-6-4-2-1-3-5-6;/h1-5H,(H,7,9);1H4. The Morgan fingerprint density at radius 2 is 1.80 bits per heavy atom. The molecule has 0 aliphatic rings. The molecule has 0 radical (unpaired) electrons. The summed E-state index contributed by atoms with van der Waals surface area (Å²) in [6.45, 7) is 0. The van der Waals surface area contributed by atoms with Crippen LogP contribution in [0.3, 0.4) is 0 Å². The maximum atomic E-state index is 9.61. The zero-order chi connectivity index (χ0) is 6.53. The van der Waals surface area contributed by atoms with Gasteiger partial charge in [-0.15, -0.1) is 4.91 Å². The first kappa shape index (κ1) is 8.62. The van der Waals surface area contributed by atoms with E-state index >= 15 is 0 Å². The molecule has 1 N–H and O–H groups in total. The summed E-state index contributed by atoms with van der Waals surface area (Å²) in [4.78, 5) is 9.61. The second kappa shape index (κ2) is 4.49. The van der Waals surface area contributed by atoms with Gasteiger partial charge in [-0.1, -0.05) is 25.6 Å². The third-order valence-electron chi connectivity index (χ3n) is 0.949. The Hall–Kier alpha value is -1.38. The molecule has 10 heavy (non-hydrogen) atoms. The van der Waals surface area contributed by atoms with Gasteiger partial charge in [-0.2, -0.15) is 0 Å². The van der Waals surface area contributed by atoms with Crippen molar-refractivity contribution >= 4 is 5.69 Å². The van der Waals surface area contributed by atoms with Gasteiger partial charge in [-0.3, -0.25) is 0 Å². The van der Waals surface area contributed by atoms with Crippen LogP contribution in [0.2, 0.25) is 0 Å². The molecule has 0 amide bonds. The summed E-state index contributed by atoms with van der Waals surface area (Å²) in [7, 11) is 0. The van der Waals surface area contributed by atoms with Crippen LogP contribution in [-0.4, -0.2) is 0 Å². The summed E-state index contributed by atoms with van der Waals surface area (Å²) in [5.74, 6) is 0. The smallest absolute Gasteiger partial charge is 0.0594 e. The third-order valence-corrected chi connectivity index (χ3v) is 0.949. The molecule has 1 rings (SSSR count). The molecule has 0 aliphatic carbocycles. The lowest BCUT2D eigenvalue weighted by Crippen LogP contribution is -1.82. The number of hydrogen-bond acceptors (Lipinski definition) is 2. The second-order valence-electron chi connectivity index (χ2n) is 1.57. The van der Waals surface area contributed by atoms with E-state index < -0.39 is 0 Å². The molecule has 0 saturated carbocycles. The van der Waals surface area contributed by atoms with Gasteiger partial charge in [0.2, 0.25) is 0 Å². The molecule has 0 atom stereocenters. The Balaban J connectivity index is 0.000000810. The minimum atomic E-state index is 0. The zero-order valence-corrected chi connectivity index (χ0v) is 4.74. The molecule has 1 aromatic carbocycles. The monoisotopic (exact) mass is 138 g/mol. The summed E-state index contributed by atoms with van der Waals surface area (Å²) in [5.41, 5.74) is 2.99. The van der Waals surface area contributed by atoms with Gasteiger partial charge in [0.25, 0.3) is 0 Å². The van der Waals surface area contributed by atoms with E-state index in [2.05, 4.69) is 10.7 Å². The first-order valence-electron chi connectivity index (χ1n) is 2.57. The number of anilines is 1. The van der Waals surface area contributed by atoms with E-state index in [1.165, 1.54) is 0 Å². The Labute approximate surface area is 60.0 Å². The first-order valence-corrected chi connectivity index (χ1v) is 2.57. The fraction of sp³-hybridized carbons (Fsp3) is 0.143. The van der Waals surface area contributed by atoms with Gasteiger partial charge in [0.05, 0.1) is 11.0 Å². The van der Waals surface area contributed by atoms with E-state index in [1.54, 1.807) is 12.1 Å². The van der Waals surface area contributed by atoms with E-state index in [0.29, 0.717) is 5.69 Å². The Morgan fingerprint density at radius 3 is 2.30 bits per heavy atom. The number of hydrogen-bond donors (Lipinski definition) is 1. The number of para-hydroxylation sites is 1. The number of nitroso groups, excluding NO2 is 1. The van der Waals surface area contributed by atoms with Crippen LogP contribution in [0.5, 0.6) is 0 Å². The molecular formula is C7H10N2O. The quantitative estimate of drug-likeness (QED) is 0.503. The van der Waals surface area contributed by atoms with Crippen molar-refractivity contribution in [2.24, 2.45) is 5.29 Å². The van der Waals surface area contributed by atoms with E-state index in [0.717, 1.165) is 0 Å². The van der Waals surface area contributed by atoms with Crippen LogP contribution in [-0.2, 0) is 0 Å². The molecule has 0 aromatic heterocycles. The SMILES string of the molecule is C.O=NNc1ccccc1. The van der Waals surface area contributed by atoms with Gasteiger partial charge in [0.1, 0.15) is 0 Å². The van der Waals surface area contributed by atoms with Gasteiger partial charge in [-0.25, -0.2) is 5.43 Å². The van der Waals surface area contributed by atoms with Crippen molar-refractivity contribution in [2.75, 3.05) is 5.43 Å². The molecule has 1 aromatic rings. The Kier molecular flexibility index (Phi) is 3.87. The lowest BCUT2D eigenvalue weighted by Gasteiger charge is -1.91. The number of rotatable bonds is 2. The highest BCUT2D eigenvalue weighted by atomic mass is 16.3. The van der Waals surface area contributed by atoms with Crippen LogP contribution < -0.4 is 5.43 Å². The van der Waals surface area contributed by atoms with E-state index in [-0.39, 0.29) is 7.43 Å². The maximum Gasteiger partial charge on any atom is 0.0594 e. The molecule has 0 aliphatic heterocycles. The van der Waals surface area contributed by atoms with E-state index in [4.69, 9.17) is 0 Å². The minimum Gasteiger partial charge on any atom is -0.242 e. The van der Waals surface area contributed by atoms with Crippen molar-refractivity contribution < 1.29 is 0 Å². The number of nitrogens with one attached hydrogen (secondary N) is 1. The van der Waals surface area contributed by atoms with Gasteiger partial charge >= 0.3 is 0 Å². The molecule has 0 unspecified atom stereocenters. The van der Waals surface area contributed by atoms with Crippen molar-refractivity contribution in [3.63, 3.8) is 0 Å². The predicted molar refractivity (Wildman–Crippen MR) is 42.6 cm³/mol. The molecule has 3 nitrogen and oxygen atoms in total. The molecule has 0 heterocycles.